The molecular formula is C18H26N2O. The summed E-state index contributed by atoms with van der Waals surface area (Å²) in [5.74, 6) is 0.745. The monoisotopic (exact) mass is 286 g/mol. The van der Waals surface area contributed by atoms with Crippen LogP contribution in [-0.2, 0) is 6.54 Å². The number of nitrogens with one attached hydrogen (secondary N) is 1. The van der Waals surface area contributed by atoms with E-state index < -0.39 is 0 Å². The van der Waals surface area contributed by atoms with Crippen LogP contribution in [0, 0.1) is 0 Å². The predicted molar refractivity (Wildman–Crippen MR) is 88.8 cm³/mol. The van der Waals surface area contributed by atoms with Gasteiger partial charge in [0.1, 0.15) is 0 Å². The van der Waals surface area contributed by atoms with Crippen molar-refractivity contribution >= 4 is 10.9 Å². The number of hydrogen-bond donors (Lipinski definition) is 1. The number of rotatable bonds is 9. The van der Waals surface area contributed by atoms with Crippen molar-refractivity contribution in [2.75, 3.05) is 13.7 Å². The molecule has 0 bridgehead atoms. The van der Waals surface area contributed by atoms with Gasteiger partial charge in [-0.05, 0) is 25.1 Å². The fraction of sp³-hybridized carbons (Fsp3) is 0.500. The minimum absolute atomic E-state index is 0.745. The molecule has 0 amide bonds. The molecule has 1 N–H and O–H groups in total. The average molecular weight is 286 g/mol. The minimum atomic E-state index is 0.745. The summed E-state index contributed by atoms with van der Waals surface area (Å²) in [4.78, 5) is 4.60. The third-order valence-corrected chi connectivity index (χ3v) is 3.64. The van der Waals surface area contributed by atoms with Gasteiger partial charge in [0.25, 0.3) is 0 Å². The molecule has 1 aromatic heterocycles. The summed E-state index contributed by atoms with van der Waals surface area (Å²) >= 11 is 0. The van der Waals surface area contributed by atoms with Crippen LogP contribution in [0.5, 0.6) is 5.88 Å². The lowest BCUT2D eigenvalue weighted by Crippen LogP contribution is -2.07. The standard InChI is InChI=1S/C18H26N2O/c1-3-4-5-6-9-12-21-18-13-15(14-19-2)16-10-7-8-11-17(16)20-18/h7-8,10-11,13,19H,3-6,9,12,14H2,1-2H3. The number of pyridine rings is 1. The number of aromatic nitrogens is 1. The van der Waals surface area contributed by atoms with E-state index in [0.717, 1.165) is 31.0 Å². The summed E-state index contributed by atoms with van der Waals surface area (Å²) < 4.78 is 5.84. The van der Waals surface area contributed by atoms with Crippen molar-refractivity contribution < 1.29 is 4.74 Å². The van der Waals surface area contributed by atoms with E-state index in [9.17, 15) is 0 Å². The SMILES string of the molecule is CCCCCCCOc1cc(CNC)c2ccccc2n1. The quantitative estimate of drug-likeness (QED) is 0.698. The van der Waals surface area contributed by atoms with Crippen LogP contribution in [0.25, 0.3) is 10.9 Å². The van der Waals surface area contributed by atoms with Crippen LogP contribution in [-0.4, -0.2) is 18.6 Å². The Hall–Kier alpha value is -1.61. The normalized spacial score (nSPS) is 11.0. The molecule has 0 atom stereocenters. The lowest BCUT2D eigenvalue weighted by molar-refractivity contribution is 0.294. The number of ether oxygens (including phenoxy) is 1. The van der Waals surface area contributed by atoms with E-state index >= 15 is 0 Å². The highest BCUT2D eigenvalue weighted by molar-refractivity contribution is 5.82. The minimum Gasteiger partial charge on any atom is -0.478 e. The van der Waals surface area contributed by atoms with Crippen molar-refractivity contribution in [3.63, 3.8) is 0 Å². The van der Waals surface area contributed by atoms with Crippen LogP contribution >= 0.6 is 0 Å². The Morgan fingerprint density at radius 2 is 1.90 bits per heavy atom. The van der Waals surface area contributed by atoms with Crippen LogP contribution in [0.4, 0.5) is 0 Å². The number of hydrogen-bond acceptors (Lipinski definition) is 3. The van der Waals surface area contributed by atoms with Crippen molar-refractivity contribution in [1.82, 2.24) is 10.3 Å². The van der Waals surface area contributed by atoms with E-state index in [-0.39, 0.29) is 0 Å². The van der Waals surface area contributed by atoms with Gasteiger partial charge in [-0.2, -0.15) is 0 Å². The van der Waals surface area contributed by atoms with Gasteiger partial charge in [-0.3, -0.25) is 0 Å². The maximum atomic E-state index is 5.84. The second kappa shape index (κ2) is 8.63. The Morgan fingerprint density at radius 1 is 1.10 bits per heavy atom. The third kappa shape index (κ3) is 4.71. The molecule has 3 nitrogen and oxygen atoms in total. The first-order valence-electron chi connectivity index (χ1n) is 8.01. The average Bonchev–Trinajstić information content (AvgIpc) is 2.51. The van der Waals surface area contributed by atoms with Crippen molar-refractivity contribution in [1.29, 1.82) is 0 Å². The predicted octanol–water partition coefficient (Wildman–Crippen LogP) is 4.30. The zero-order valence-electron chi connectivity index (χ0n) is 13.2. The Labute approximate surface area is 127 Å². The maximum absolute atomic E-state index is 5.84. The van der Waals surface area contributed by atoms with E-state index in [4.69, 9.17) is 4.74 Å². The van der Waals surface area contributed by atoms with Crippen molar-refractivity contribution in [2.45, 2.75) is 45.6 Å². The van der Waals surface area contributed by atoms with Crippen LogP contribution in [0.3, 0.4) is 0 Å². The highest BCUT2D eigenvalue weighted by atomic mass is 16.5. The summed E-state index contributed by atoms with van der Waals surface area (Å²) in [6.07, 6.45) is 6.25. The van der Waals surface area contributed by atoms with Gasteiger partial charge < -0.3 is 10.1 Å². The number of nitrogens with zero attached hydrogens (tertiary/aromatic N) is 1. The highest BCUT2D eigenvalue weighted by Crippen LogP contribution is 2.22. The molecule has 0 aliphatic rings. The number of para-hydroxylation sites is 1. The van der Waals surface area contributed by atoms with Gasteiger partial charge in [0, 0.05) is 18.0 Å². The fourth-order valence-corrected chi connectivity index (χ4v) is 2.51. The van der Waals surface area contributed by atoms with Gasteiger partial charge in [0.05, 0.1) is 12.1 Å². The molecule has 2 rings (SSSR count). The Bertz CT molecular complexity index is 554. The van der Waals surface area contributed by atoms with Crippen LogP contribution in [0.15, 0.2) is 30.3 Å². The summed E-state index contributed by atoms with van der Waals surface area (Å²) in [6.45, 7) is 3.82. The molecule has 0 saturated carbocycles. The van der Waals surface area contributed by atoms with Gasteiger partial charge in [-0.15, -0.1) is 0 Å². The second-order valence-corrected chi connectivity index (χ2v) is 5.43. The highest BCUT2D eigenvalue weighted by Gasteiger charge is 2.05. The smallest absolute Gasteiger partial charge is 0.214 e. The molecule has 114 valence electrons. The van der Waals surface area contributed by atoms with Crippen LogP contribution in [0.1, 0.15) is 44.6 Å². The zero-order valence-corrected chi connectivity index (χ0v) is 13.2. The van der Waals surface area contributed by atoms with E-state index in [1.54, 1.807) is 0 Å². The molecule has 3 heteroatoms. The van der Waals surface area contributed by atoms with E-state index in [2.05, 4.69) is 35.4 Å². The lowest BCUT2D eigenvalue weighted by Gasteiger charge is -2.10. The fourth-order valence-electron chi connectivity index (χ4n) is 2.51. The molecule has 0 saturated heterocycles. The molecule has 0 aliphatic heterocycles. The van der Waals surface area contributed by atoms with Crippen molar-refractivity contribution in [2.24, 2.45) is 0 Å². The first kappa shape index (κ1) is 15.8. The summed E-state index contributed by atoms with van der Waals surface area (Å²) in [5, 5.41) is 4.41. The van der Waals surface area contributed by atoms with E-state index in [1.807, 2.05) is 19.2 Å². The summed E-state index contributed by atoms with van der Waals surface area (Å²) in [5.41, 5.74) is 2.25. The molecule has 1 heterocycles. The third-order valence-electron chi connectivity index (χ3n) is 3.64. The maximum Gasteiger partial charge on any atom is 0.214 e. The topological polar surface area (TPSA) is 34.1 Å². The van der Waals surface area contributed by atoms with Crippen molar-refractivity contribution in [3.8, 4) is 5.88 Å². The first-order valence-corrected chi connectivity index (χ1v) is 8.01. The molecule has 21 heavy (non-hydrogen) atoms. The Morgan fingerprint density at radius 3 is 2.71 bits per heavy atom. The Kier molecular flexibility index (Phi) is 6.48. The molecule has 0 fully saturated rings. The lowest BCUT2D eigenvalue weighted by atomic mass is 10.1. The number of fused-ring (bicyclic) bond motifs is 1. The van der Waals surface area contributed by atoms with Gasteiger partial charge in [-0.25, -0.2) is 4.98 Å². The zero-order chi connectivity index (χ0) is 14.9. The Balaban J connectivity index is 1.99. The van der Waals surface area contributed by atoms with Crippen molar-refractivity contribution in [3.05, 3.63) is 35.9 Å². The van der Waals surface area contributed by atoms with Crippen LogP contribution in [0.2, 0.25) is 0 Å². The second-order valence-electron chi connectivity index (χ2n) is 5.43. The number of unbranched alkanes of at least 4 members (excludes halogenated alkanes) is 4. The molecule has 0 radical (unpaired) electrons. The number of benzene rings is 1. The molecule has 0 aliphatic carbocycles. The molecule has 0 unspecified atom stereocenters. The summed E-state index contributed by atoms with van der Waals surface area (Å²) in [6, 6.07) is 10.3. The van der Waals surface area contributed by atoms with Gasteiger partial charge in [-0.1, -0.05) is 50.8 Å². The van der Waals surface area contributed by atoms with E-state index in [0.29, 0.717) is 0 Å². The van der Waals surface area contributed by atoms with Gasteiger partial charge >= 0.3 is 0 Å². The largest absolute Gasteiger partial charge is 0.478 e. The first-order chi connectivity index (χ1) is 10.3. The molecule has 1 aromatic carbocycles. The molecule has 2 aromatic rings. The molecular weight excluding hydrogens is 260 g/mol. The van der Waals surface area contributed by atoms with Gasteiger partial charge in [0.15, 0.2) is 0 Å². The summed E-state index contributed by atoms with van der Waals surface area (Å²) in [7, 11) is 1.96. The van der Waals surface area contributed by atoms with Crippen LogP contribution < -0.4 is 10.1 Å². The van der Waals surface area contributed by atoms with Gasteiger partial charge in [0.2, 0.25) is 5.88 Å². The molecule has 0 spiro atoms. The van der Waals surface area contributed by atoms with E-state index in [1.165, 1.54) is 36.6 Å².